The highest BCUT2D eigenvalue weighted by Crippen LogP contribution is 2.33. The molecular weight excluding hydrogens is 238 g/mol. The van der Waals surface area contributed by atoms with Gasteiger partial charge in [-0.3, -0.25) is 0 Å². The second-order valence-electron chi connectivity index (χ2n) is 4.42. The molecule has 2 aromatic rings. The Hall–Kier alpha value is -2.10. The number of methoxy groups -OCH3 is 1. The Morgan fingerprint density at radius 2 is 1.89 bits per heavy atom. The van der Waals surface area contributed by atoms with Crippen LogP contribution >= 0.6 is 0 Å². The predicted molar refractivity (Wildman–Crippen MR) is 77.7 cm³/mol. The van der Waals surface area contributed by atoms with Gasteiger partial charge in [0.2, 0.25) is 0 Å². The van der Waals surface area contributed by atoms with Gasteiger partial charge in [-0.1, -0.05) is 6.07 Å². The monoisotopic (exact) mass is 257 g/mol. The molecule has 0 saturated carbocycles. The Balaban J connectivity index is 2.44. The molecule has 19 heavy (non-hydrogen) atoms. The minimum atomic E-state index is 0.786. The van der Waals surface area contributed by atoms with E-state index >= 15 is 0 Å². The maximum absolute atomic E-state index is 5.51. The Morgan fingerprint density at radius 3 is 2.47 bits per heavy atom. The number of aryl methyl sites for hydroxylation is 1. The van der Waals surface area contributed by atoms with Crippen molar-refractivity contribution in [3.8, 4) is 17.0 Å². The molecule has 0 aliphatic heterocycles. The molecule has 0 fully saturated rings. The fourth-order valence-electron chi connectivity index (χ4n) is 2.01. The van der Waals surface area contributed by atoms with Crippen molar-refractivity contribution in [3.05, 3.63) is 35.4 Å². The predicted octanol–water partition coefficient (Wildman–Crippen LogP) is 3.20. The van der Waals surface area contributed by atoms with Crippen LogP contribution in [0.15, 0.2) is 24.3 Å². The van der Waals surface area contributed by atoms with Crippen molar-refractivity contribution < 1.29 is 4.74 Å². The van der Waals surface area contributed by atoms with Crippen molar-refractivity contribution in [1.29, 1.82) is 0 Å². The van der Waals surface area contributed by atoms with E-state index in [1.807, 2.05) is 25.1 Å². The van der Waals surface area contributed by atoms with Crippen molar-refractivity contribution >= 4 is 5.82 Å². The van der Waals surface area contributed by atoms with Crippen LogP contribution in [0.25, 0.3) is 11.3 Å². The van der Waals surface area contributed by atoms with Gasteiger partial charge >= 0.3 is 0 Å². The number of benzene rings is 1. The molecule has 0 aliphatic rings. The number of nitrogens with zero attached hydrogens (tertiary/aromatic N) is 2. The summed E-state index contributed by atoms with van der Waals surface area (Å²) >= 11 is 0. The van der Waals surface area contributed by atoms with E-state index in [4.69, 9.17) is 4.74 Å². The van der Waals surface area contributed by atoms with Crippen LogP contribution in [0.5, 0.6) is 5.75 Å². The van der Waals surface area contributed by atoms with E-state index in [9.17, 15) is 0 Å². The Morgan fingerprint density at radius 1 is 1.11 bits per heavy atom. The van der Waals surface area contributed by atoms with Gasteiger partial charge in [0.15, 0.2) is 0 Å². The average molecular weight is 257 g/mol. The maximum Gasteiger partial charge on any atom is 0.148 e. The van der Waals surface area contributed by atoms with Gasteiger partial charge in [-0.2, -0.15) is 0 Å². The van der Waals surface area contributed by atoms with Crippen LogP contribution in [0.3, 0.4) is 0 Å². The zero-order valence-electron chi connectivity index (χ0n) is 11.8. The van der Waals surface area contributed by atoms with E-state index in [0.29, 0.717) is 0 Å². The van der Waals surface area contributed by atoms with Crippen LogP contribution in [-0.2, 0) is 0 Å². The molecule has 4 nitrogen and oxygen atoms in total. The molecule has 0 bridgehead atoms. The quantitative estimate of drug-likeness (QED) is 0.913. The zero-order valence-corrected chi connectivity index (χ0v) is 11.8. The molecule has 4 heteroatoms. The first kappa shape index (κ1) is 13.3. The summed E-state index contributed by atoms with van der Waals surface area (Å²) in [6.45, 7) is 6.99. The van der Waals surface area contributed by atoms with E-state index in [0.717, 1.165) is 34.9 Å². The number of aromatic nitrogens is 2. The van der Waals surface area contributed by atoms with E-state index in [-0.39, 0.29) is 0 Å². The fourth-order valence-corrected chi connectivity index (χ4v) is 2.01. The van der Waals surface area contributed by atoms with Crippen molar-refractivity contribution in [3.63, 3.8) is 0 Å². The smallest absolute Gasteiger partial charge is 0.148 e. The molecule has 0 atom stereocenters. The van der Waals surface area contributed by atoms with Crippen LogP contribution in [0.1, 0.15) is 18.1 Å². The van der Waals surface area contributed by atoms with Gasteiger partial charge < -0.3 is 10.1 Å². The fraction of sp³-hybridized carbons (Fsp3) is 0.333. The molecule has 0 aliphatic carbocycles. The van der Waals surface area contributed by atoms with Crippen LogP contribution in [-0.4, -0.2) is 23.9 Å². The Labute approximate surface area is 113 Å². The van der Waals surface area contributed by atoms with Gasteiger partial charge in [0, 0.05) is 12.1 Å². The molecule has 1 heterocycles. The minimum absolute atomic E-state index is 0.786. The Bertz CT molecular complexity index is 564. The first-order valence-corrected chi connectivity index (χ1v) is 6.39. The second-order valence-corrected chi connectivity index (χ2v) is 4.42. The summed E-state index contributed by atoms with van der Waals surface area (Å²) in [6, 6.07) is 7.99. The molecule has 0 spiro atoms. The van der Waals surface area contributed by atoms with Gasteiger partial charge in [0.1, 0.15) is 11.6 Å². The summed E-state index contributed by atoms with van der Waals surface area (Å²) in [5.41, 5.74) is 4.14. The lowest BCUT2D eigenvalue weighted by Crippen LogP contribution is -2.01. The number of anilines is 1. The summed E-state index contributed by atoms with van der Waals surface area (Å²) in [4.78, 5) is 0. The summed E-state index contributed by atoms with van der Waals surface area (Å²) in [5, 5.41) is 11.5. The van der Waals surface area contributed by atoms with Crippen LogP contribution < -0.4 is 10.1 Å². The van der Waals surface area contributed by atoms with Crippen LogP contribution in [0, 0.1) is 13.8 Å². The van der Waals surface area contributed by atoms with Gasteiger partial charge in [-0.15, -0.1) is 10.2 Å². The van der Waals surface area contributed by atoms with Gasteiger partial charge in [-0.25, -0.2) is 0 Å². The summed E-state index contributed by atoms with van der Waals surface area (Å²) in [5.74, 6) is 1.65. The molecular formula is C15H19N3O. The van der Waals surface area contributed by atoms with Gasteiger partial charge in [0.05, 0.1) is 12.8 Å². The summed E-state index contributed by atoms with van der Waals surface area (Å²) in [7, 11) is 1.69. The topological polar surface area (TPSA) is 47.0 Å². The van der Waals surface area contributed by atoms with E-state index < -0.39 is 0 Å². The number of nitrogens with one attached hydrogen (secondary N) is 1. The van der Waals surface area contributed by atoms with Gasteiger partial charge in [0.25, 0.3) is 0 Å². The maximum atomic E-state index is 5.51. The second kappa shape index (κ2) is 5.69. The highest BCUT2D eigenvalue weighted by Gasteiger charge is 2.11. The highest BCUT2D eigenvalue weighted by molar-refractivity contribution is 5.70. The van der Waals surface area contributed by atoms with Crippen molar-refractivity contribution in [2.45, 2.75) is 20.8 Å². The lowest BCUT2D eigenvalue weighted by atomic mass is 10.0. The van der Waals surface area contributed by atoms with Crippen LogP contribution in [0.4, 0.5) is 5.82 Å². The third-order valence-electron chi connectivity index (χ3n) is 3.18. The van der Waals surface area contributed by atoms with Crippen molar-refractivity contribution in [2.24, 2.45) is 0 Å². The van der Waals surface area contributed by atoms with Crippen molar-refractivity contribution in [1.82, 2.24) is 10.2 Å². The zero-order chi connectivity index (χ0) is 13.8. The normalized spacial score (nSPS) is 10.3. The minimum Gasteiger partial charge on any atom is -0.496 e. The SMILES string of the molecule is CCNc1ccc(-c2ccc(C)c(C)c2OC)nn1. The number of ether oxygens (including phenoxy) is 1. The lowest BCUT2D eigenvalue weighted by molar-refractivity contribution is 0.413. The molecule has 2 rings (SSSR count). The number of hydrogen-bond donors (Lipinski definition) is 1. The average Bonchev–Trinajstić information content (AvgIpc) is 2.43. The summed E-state index contributed by atoms with van der Waals surface area (Å²) in [6.07, 6.45) is 0. The number of rotatable bonds is 4. The molecule has 1 aromatic carbocycles. The molecule has 1 aromatic heterocycles. The van der Waals surface area contributed by atoms with Crippen LogP contribution in [0.2, 0.25) is 0 Å². The summed E-state index contributed by atoms with van der Waals surface area (Å²) < 4.78 is 5.51. The standard InChI is InChI=1S/C15H19N3O/c1-5-16-14-9-8-13(17-18-14)12-7-6-10(2)11(3)15(12)19-4/h6-9H,5H2,1-4H3,(H,16,18). The molecule has 0 saturated heterocycles. The molecule has 0 radical (unpaired) electrons. The van der Waals surface area contributed by atoms with Gasteiger partial charge in [-0.05, 0) is 50.1 Å². The first-order chi connectivity index (χ1) is 9.17. The van der Waals surface area contributed by atoms with E-state index in [2.05, 4.69) is 35.4 Å². The molecule has 0 unspecified atom stereocenters. The Kier molecular flexibility index (Phi) is 4.00. The first-order valence-electron chi connectivity index (χ1n) is 6.39. The lowest BCUT2D eigenvalue weighted by Gasteiger charge is -2.13. The largest absolute Gasteiger partial charge is 0.496 e. The molecule has 0 amide bonds. The number of hydrogen-bond acceptors (Lipinski definition) is 4. The third kappa shape index (κ3) is 2.67. The van der Waals surface area contributed by atoms with Crippen molar-refractivity contribution in [2.75, 3.05) is 19.0 Å². The highest BCUT2D eigenvalue weighted by atomic mass is 16.5. The molecule has 1 N–H and O–H groups in total. The van der Waals surface area contributed by atoms with E-state index in [1.165, 1.54) is 5.56 Å². The van der Waals surface area contributed by atoms with E-state index in [1.54, 1.807) is 7.11 Å². The third-order valence-corrected chi connectivity index (χ3v) is 3.18. The molecule has 100 valence electrons.